The van der Waals surface area contributed by atoms with Crippen LogP contribution in [0.5, 0.6) is 0 Å². The monoisotopic (exact) mass is 377 g/mol. The third kappa shape index (κ3) is 5.33. The lowest BCUT2D eigenvalue weighted by atomic mass is 10.2. The average Bonchev–Trinajstić information content (AvgIpc) is 2.55. The highest BCUT2D eigenvalue weighted by Crippen LogP contribution is 2.08. The second-order valence-electron chi connectivity index (χ2n) is 5.26. The number of amides is 1. The van der Waals surface area contributed by atoms with Crippen molar-refractivity contribution in [1.82, 2.24) is 9.47 Å². The number of carbonyl (C=O) groups excluding carboxylic acids is 1. The molecule has 2 aromatic rings. The summed E-state index contributed by atoms with van der Waals surface area (Å²) in [6.45, 7) is 1.64. The van der Waals surface area contributed by atoms with E-state index in [2.05, 4.69) is 15.9 Å². The molecule has 0 aliphatic rings. The van der Waals surface area contributed by atoms with Crippen molar-refractivity contribution in [3.63, 3.8) is 0 Å². The molecule has 0 radical (unpaired) electrons. The van der Waals surface area contributed by atoms with Gasteiger partial charge in [0.15, 0.2) is 0 Å². The first-order chi connectivity index (χ1) is 11.1. The standard InChI is InChI=1S/C17H20BrN3O2/c18-15-7-8-16(22)21(12-15)13-17(23)20(10-4-9-19)11-14-5-2-1-3-6-14/h1-3,5-8,12H,4,9-11,13,19H2. The summed E-state index contributed by atoms with van der Waals surface area (Å²) < 4.78 is 2.17. The molecule has 0 saturated heterocycles. The van der Waals surface area contributed by atoms with Crippen molar-refractivity contribution in [2.75, 3.05) is 13.1 Å². The number of halogens is 1. The quantitative estimate of drug-likeness (QED) is 0.801. The van der Waals surface area contributed by atoms with Crippen LogP contribution >= 0.6 is 15.9 Å². The fourth-order valence-corrected chi connectivity index (χ4v) is 2.63. The summed E-state index contributed by atoms with van der Waals surface area (Å²) in [6.07, 6.45) is 2.36. The number of nitrogens with zero attached hydrogens (tertiary/aromatic N) is 2. The van der Waals surface area contributed by atoms with Crippen LogP contribution in [0, 0.1) is 0 Å². The van der Waals surface area contributed by atoms with Crippen LogP contribution in [0.2, 0.25) is 0 Å². The van der Waals surface area contributed by atoms with Gasteiger partial charge >= 0.3 is 0 Å². The molecule has 0 bridgehead atoms. The Morgan fingerprint density at radius 1 is 1.17 bits per heavy atom. The summed E-state index contributed by atoms with van der Waals surface area (Å²) in [4.78, 5) is 26.2. The predicted molar refractivity (Wildman–Crippen MR) is 93.9 cm³/mol. The maximum Gasteiger partial charge on any atom is 0.251 e. The Kier molecular flexibility index (Phi) is 6.55. The number of pyridine rings is 1. The average molecular weight is 378 g/mol. The minimum Gasteiger partial charge on any atom is -0.337 e. The molecule has 1 heterocycles. The summed E-state index contributed by atoms with van der Waals surface area (Å²) in [5.74, 6) is -0.0949. The number of benzene rings is 1. The van der Waals surface area contributed by atoms with Crippen molar-refractivity contribution in [2.45, 2.75) is 19.5 Å². The molecule has 2 rings (SSSR count). The fraction of sp³-hybridized carbons (Fsp3) is 0.294. The van der Waals surface area contributed by atoms with Crippen LogP contribution in [0.1, 0.15) is 12.0 Å². The lowest BCUT2D eigenvalue weighted by Crippen LogP contribution is -2.37. The fourth-order valence-electron chi connectivity index (χ4n) is 2.25. The van der Waals surface area contributed by atoms with E-state index in [0.29, 0.717) is 19.6 Å². The molecule has 2 N–H and O–H groups in total. The van der Waals surface area contributed by atoms with E-state index in [-0.39, 0.29) is 18.0 Å². The number of hydrogen-bond acceptors (Lipinski definition) is 3. The molecule has 0 aliphatic heterocycles. The van der Waals surface area contributed by atoms with E-state index in [1.54, 1.807) is 17.2 Å². The van der Waals surface area contributed by atoms with E-state index >= 15 is 0 Å². The SMILES string of the molecule is NCCCN(Cc1ccccc1)C(=O)Cn1cc(Br)ccc1=O. The maximum absolute atomic E-state index is 12.6. The Morgan fingerprint density at radius 3 is 2.61 bits per heavy atom. The Bertz CT molecular complexity index is 700. The molecular weight excluding hydrogens is 358 g/mol. The van der Waals surface area contributed by atoms with Gasteiger partial charge in [-0.2, -0.15) is 0 Å². The first-order valence-electron chi connectivity index (χ1n) is 7.48. The van der Waals surface area contributed by atoms with Gasteiger partial charge in [0.25, 0.3) is 5.56 Å². The molecule has 1 aromatic heterocycles. The van der Waals surface area contributed by atoms with Gasteiger partial charge in [0.2, 0.25) is 5.91 Å². The summed E-state index contributed by atoms with van der Waals surface area (Å²) in [6, 6.07) is 12.9. The zero-order valence-electron chi connectivity index (χ0n) is 12.8. The summed E-state index contributed by atoms with van der Waals surface area (Å²) >= 11 is 3.32. The van der Waals surface area contributed by atoms with E-state index < -0.39 is 0 Å². The van der Waals surface area contributed by atoms with Gasteiger partial charge in [0.1, 0.15) is 6.54 Å². The Balaban J connectivity index is 2.12. The number of aromatic nitrogens is 1. The van der Waals surface area contributed by atoms with Crippen LogP contribution in [0.15, 0.2) is 57.9 Å². The molecule has 0 saturated carbocycles. The van der Waals surface area contributed by atoms with Gasteiger partial charge in [0.05, 0.1) is 0 Å². The topological polar surface area (TPSA) is 68.3 Å². The van der Waals surface area contributed by atoms with Crippen molar-refractivity contribution in [1.29, 1.82) is 0 Å². The van der Waals surface area contributed by atoms with Crippen LogP contribution < -0.4 is 11.3 Å². The third-order valence-corrected chi connectivity index (χ3v) is 3.92. The van der Waals surface area contributed by atoms with Crippen molar-refractivity contribution < 1.29 is 4.79 Å². The molecule has 0 fully saturated rings. The molecule has 5 nitrogen and oxygen atoms in total. The second kappa shape index (κ2) is 8.64. The molecular formula is C17H20BrN3O2. The predicted octanol–water partition coefficient (Wildman–Crippen LogP) is 1.99. The minimum absolute atomic E-state index is 0.0235. The van der Waals surface area contributed by atoms with E-state index in [1.807, 2.05) is 30.3 Å². The van der Waals surface area contributed by atoms with Crippen LogP contribution in [0.3, 0.4) is 0 Å². The molecule has 1 amide bonds. The van der Waals surface area contributed by atoms with E-state index in [1.165, 1.54) is 10.6 Å². The van der Waals surface area contributed by atoms with E-state index in [0.717, 1.165) is 16.5 Å². The Hall–Kier alpha value is -1.92. The number of nitrogens with two attached hydrogens (primary N) is 1. The van der Waals surface area contributed by atoms with Gasteiger partial charge in [0, 0.05) is 29.8 Å². The zero-order chi connectivity index (χ0) is 16.7. The van der Waals surface area contributed by atoms with Gasteiger partial charge in [-0.15, -0.1) is 0 Å². The number of rotatable bonds is 7. The smallest absolute Gasteiger partial charge is 0.251 e. The van der Waals surface area contributed by atoms with Crippen LogP contribution in [0.25, 0.3) is 0 Å². The van der Waals surface area contributed by atoms with Crippen molar-refractivity contribution >= 4 is 21.8 Å². The maximum atomic E-state index is 12.6. The highest BCUT2D eigenvalue weighted by atomic mass is 79.9. The first-order valence-corrected chi connectivity index (χ1v) is 8.27. The third-order valence-electron chi connectivity index (χ3n) is 3.45. The molecule has 0 spiro atoms. The molecule has 6 heteroatoms. The molecule has 0 aliphatic carbocycles. The van der Waals surface area contributed by atoms with E-state index in [9.17, 15) is 9.59 Å². The normalized spacial score (nSPS) is 10.5. The van der Waals surface area contributed by atoms with E-state index in [4.69, 9.17) is 5.73 Å². The molecule has 122 valence electrons. The largest absolute Gasteiger partial charge is 0.337 e. The Labute approximate surface area is 143 Å². The molecule has 0 unspecified atom stereocenters. The van der Waals surface area contributed by atoms with Crippen LogP contribution in [0.4, 0.5) is 0 Å². The van der Waals surface area contributed by atoms with Gasteiger partial charge in [-0.1, -0.05) is 30.3 Å². The van der Waals surface area contributed by atoms with Gasteiger partial charge in [-0.05, 0) is 40.5 Å². The van der Waals surface area contributed by atoms with Crippen molar-refractivity contribution in [2.24, 2.45) is 5.73 Å². The highest BCUT2D eigenvalue weighted by Gasteiger charge is 2.15. The minimum atomic E-state index is -0.194. The Morgan fingerprint density at radius 2 is 1.91 bits per heavy atom. The van der Waals surface area contributed by atoms with Crippen LogP contribution in [-0.4, -0.2) is 28.5 Å². The number of hydrogen-bond donors (Lipinski definition) is 1. The summed E-state index contributed by atoms with van der Waals surface area (Å²) in [7, 11) is 0. The second-order valence-corrected chi connectivity index (χ2v) is 6.17. The number of carbonyl (C=O) groups is 1. The summed E-state index contributed by atoms with van der Waals surface area (Å²) in [5, 5.41) is 0. The van der Waals surface area contributed by atoms with Crippen LogP contribution in [-0.2, 0) is 17.9 Å². The molecule has 23 heavy (non-hydrogen) atoms. The van der Waals surface area contributed by atoms with Gasteiger partial charge in [-0.25, -0.2) is 0 Å². The first kappa shape index (κ1) is 17.4. The zero-order valence-corrected chi connectivity index (χ0v) is 14.4. The molecule has 1 aromatic carbocycles. The van der Waals surface area contributed by atoms with Crippen molar-refractivity contribution in [3.05, 3.63) is 69.1 Å². The summed E-state index contributed by atoms with van der Waals surface area (Å²) in [5.41, 5.74) is 6.43. The van der Waals surface area contributed by atoms with Gasteiger partial charge in [-0.3, -0.25) is 9.59 Å². The lowest BCUT2D eigenvalue weighted by molar-refractivity contribution is -0.132. The van der Waals surface area contributed by atoms with Gasteiger partial charge < -0.3 is 15.2 Å². The molecule has 0 atom stereocenters. The van der Waals surface area contributed by atoms with Crippen molar-refractivity contribution in [3.8, 4) is 0 Å². The highest BCUT2D eigenvalue weighted by molar-refractivity contribution is 9.10. The lowest BCUT2D eigenvalue weighted by Gasteiger charge is -2.23.